The van der Waals surface area contributed by atoms with Gasteiger partial charge in [0, 0.05) is 30.6 Å². The van der Waals surface area contributed by atoms with Crippen molar-refractivity contribution in [1.29, 1.82) is 5.41 Å². The molecule has 5 nitrogen and oxygen atoms in total. The molecular weight excluding hydrogens is 240 g/mol. The molecule has 102 valence electrons. The predicted octanol–water partition coefficient (Wildman–Crippen LogP) is 1.61. The third-order valence-corrected chi connectivity index (χ3v) is 3.13. The molecule has 0 atom stereocenters. The van der Waals surface area contributed by atoms with Crippen LogP contribution in [-0.4, -0.2) is 32.0 Å². The van der Waals surface area contributed by atoms with Crippen LogP contribution in [0, 0.1) is 5.41 Å². The molecule has 0 aromatic heterocycles. The van der Waals surface area contributed by atoms with E-state index in [2.05, 4.69) is 10.2 Å². The van der Waals surface area contributed by atoms with Crippen molar-refractivity contribution in [3.63, 3.8) is 0 Å². The Kier molecular flexibility index (Phi) is 3.94. The summed E-state index contributed by atoms with van der Waals surface area (Å²) in [4.78, 5) is 2.25. The van der Waals surface area contributed by atoms with Crippen LogP contribution in [0.4, 0.5) is 11.4 Å². The molecule has 1 aromatic rings. The van der Waals surface area contributed by atoms with Crippen molar-refractivity contribution < 1.29 is 4.74 Å². The lowest BCUT2D eigenvalue weighted by Crippen LogP contribution is -2.56. The summed E-state index contributed by atoms with van der Waals surface area (Å²) in [6, 6.07) is 6.27. The maximum atomic E-state index is 7.29. The van der Waals surface area contributed by atoms with Crippen LogP contribution in [0.25, 0.3) is 0 Å². The number of nitrogens with one attached hydrogen (secondary N) is 2. The highest BCUT2D eigenvalue weighted by atomic mass is 16.5. The molecule has 0 radical (unpaired) electrons. The van der Waals surface area contributed by atoms with Crippen molar-refractivity contribution in [3.8, 4) is 5.75 Å². The van der Waals surface area contributed by atoms with Gasteiger partial charge in [-0.15, -0.1) is 0 Å². The second kappa shape index (κ2) is 5.65. The van der Waals surface area contributed by atoms with E-state index in [1.807, 2.05) is 24.4 Å². The van der Waals surface area contributed by atoms with Gasteiger partial charge in [0.2, 0.25) is 0 Å². The quantitative estimate of drug-likeness (QED) is 0.555. The molecule has 5 heteroatoms. The summed E-state index contributed by atoms with van der Waals surface area (Å²) in [7, 11) is 1.63. The molecule has 1 aliphatic rings. The molecule has 19 heavy (non-hydrogen) atoms. The number of nitrogen functional groups attached to an aromatic ring is 1. The van der Waals surface area contributed by atoms with Gasteiger partial charge in [0.25, 0.3) is 0 Å². The highest BCUT2D eigenvalue weighted by molar-refractivity contribution is 5.89. The molecule has 2 rings (SSSR count). The van der Waals surface area contributed by atoms with Gasteiger partial charge in [0.05, 0.1) is 18.8 Å². The number of benzene rings is 1. The van der Waals surface area contributed by atoms with Gasteiger partial charge in [0.1, 0.15) is 5.75 Å². The van der Waals surface area contributed by atoms with E-state index in [0.717, 1.165) is 18.8 Å². The molecule has 0 bridgehead atoms. The van der Waals surface area contributed by atoms with Crippen molar-refractivity contribution >= 4 is 17.1 Å². The van der Waals surface area contributed by atoms with Crippen LogP contribution in [0.3, 0.4) is 0 Å². The molecular formula is C14H20N4O. The first-order valence-corrected chi connectivity index (χ1v) is 6.26. The zero-order valence-electron chi connectivity index (χ0n) is 11.3. The van der Waals surface area contributed by atoms with E-state index < -0.39 is 0 Å². The van der Waals surface area contributed by atoms with Crippen LogP contribution in [0.5, 0.6) is 5.75 Å². The van der Waals surface area contributed by atoms with E-state index in [4.69, 9.17) is 15.9 Å². The average Bonchev–Trinajstić information content (AvgIpc) is 2.33. The summed E-state index contributed by atoms with van der Waals surface area (Å²) < 4.78 is 5.22. The Bertz CT molecular complexity index is 492. The van der Waals surface area contributed by atoms with Gasteiger partial charge in [0.15, 0.2) is 0 Å². The van der Waals surface area contributed by atoms with Gasteiger partial charge in [-0.05, 0) is 31.3 Å². The molecule has 0 unspecified atom stereocenters. The fraction of sp³-hybridized carbons (Fsp3) is 0.357. The Hall–Kier alpha value is -2.17. The van der Waals surface area contributed by atoms with Crippen molar-refractivity contribution in [2.45, 2.75) is 13.0 Å². The minimum Gasteiger partial charge on any atom is -0.495 e. The van der Waals surface area contributed by atoms with E-state index in [1.54, 1.807) is 20.1 Å². The van der Waals surface area contributed by atoms with Crippen LogP contribution in [0.15, 0.2) is 30.5 Å². The monoisotopic (exact) mass is 260 g/mol. The largest absolute Gasteiger partial charge is 0.495 e. The third kappa shape index (κ3) is 3.19. The number of allylic oxidation sites excluding steroid dienone is 1. The second-order valence-corrected chi connectivity index (χ2v) is 4.71. The van der Waals surface area contributed by atoms with Gasteiger partial charge in [-0.1, -0.05) is 0 Å². The summed E-state index contributed by atoms with van der Waals surface area (Å²) in [6.07, 6.45) is 3.60. The molecule has 1 heterocycles. The lowest BCUT2D eigenvalue weighted by atomic mass is 10.1. The number of hydrogen-bond acceptors (Lipinski definition) is 5. The standard InChI is InChI=1S/C14H20N4O/c1-10(15)5-6-17-11-8-18(9-11)12-3-4-13(16)14(7-12)19-2/h3-7,11,15,17H,8-9,16H2,1-2H3/b6-5-,15-10?. The normalized spacial score (nSPS) is 15.4. The van der Waals surface area contributed by atoms with Crippen molar-refractivity contribution in [2.75, 3.05) is 30.8 Å². The van der Waals surface area contributed by atoms with E-state index in [-0.39, 0.29) is 0 Å². The highest BCUT2D eigenvalue weighted by Gasteiger charge is 2.26. The number of anilines is 2. The summed E-state index contributed by atoms with van der Waals surface area (Å²) >= 11 is 0. The van der Waals surface area contributed by atoms with Gasteiger partial charge in [-0.25, -0.2) is 0 Å². The fourth-order valence-electron chi connectivity index (χ4n) is 2.00. The summed E-state index contributed by atoms with van der Waals surface area (Å²) in [5, 5.41) is 10.6. The maximum absolute atomic E-state index is 7.29. The molecule has 0 aliphatic carbocycles. The summed E-state index contributed by atoms with van der Waals surface area (Å²) in [5.41, 5.74) is 8.12. The van der Waals surface area contributed by atoms with Crippen LogP contribution < -0.4 is 20.7 Å². The fourth-order valence-corrected chi connectivity index (χ4v) is 2.00. The lowest BCUT2D eigenvalue weighted by molar-refractivity contribution is 0.415. The Morgan fingerprint density at radius 1 is 1.53 bits per heavy atom. The molecule has 1 saturated heterocycles. The SMILES string of the molecule is COc1cc(N2CC(N/C=C\C(C)=N)C2)ccc1N. The molecule has 1 fully saturated rings. The van der Waals surface area contributed by atoms with Crippen molar-refractivity contribution in [1.82, 2.24) is 5.32 Å². The lowest BCUT2D eigenvalue weighted by Gasteiger charge is -2.41. The highest BCUT2D eigenvalue weighted by Crippen LogP contribution is 2.29. The van der Waals surface area contributed by atoms with Crippen molar-refractivity contribution in [2.24, 2.45) is 0 Å². The third-order valence-electron chi connectivity index (χ3n) is 3.13. The zero-order chi connectivity index (χ0) is 13.8. The van der Waals surface area contributed by atoms with Gasteiger partial charge in [-0.3, -0.25) is 0 Å². The minimum atomic E-state index is 0.430. The van der Waals surface area contributed by atoms with Gasteiger partial charge >= 0.3 is 0 Å². The number of nitrogens with zero attached hydrogens (tertiary/aromatic N) is 1. The molecule has 0 saturated carbocycles. The predicted molar refractivity (Wildman–Crippen MR) is 79.1 cm³/mol. The summed E-state index contributed by atoms with van der Waals surface area (Å²) in [5.74, 6) is 0.716. The zero-order valence-corrected chi connectivity index (χ0v) is 11.3. The maximum Gasteiger partial charge on any atom is 0.143 e. The van der Waals surface area contributed by atoms with Crippen LogP contribution in [0.2, 0.25) is 0 Å². The second-order valence-electron chi connectivity index (χ2n) is 4.71. The minimum absolute atomic E-state index is 0.430. The molecule has 1 aromatic carbocycles. The number of rotatable bonds is 5. The van der Waals surface area contributed by atoms with E-state index in [1.165, 1.54) is 0 Å². The smallest absolute Gasteiger partial charge is 0.143 e. The van der Waals surface area contributed by atoms with E-state index >= 15 is 0 Å². The van der Waals surface area contributed by atoms with Crippen LogP contribution in [0.1, 0.15) is 6.92 Å². The Morgan fingerprint density at radius 3 is 2.89 bits per heavy atom. The topological polar surface area (TPSA) is 74.4 Å². The van der Waals surface area contributed by atoms with E-state index in [9.17, 15) is 0 Å². The van der Waals surface area contributed by atoms with Crippen LogP contribution >= 0.6 is 0 Å². The first-order valence-electron chi connectivity index (χ1n) is 6.26. The summed E-state index contributed by atoms with van der Waals surface area (Å²) in [6.45, 7) is 3.63. The molecule has 1 aliphatic heterocycles. The number of methoxy groups -OCH3 is 1. The molecule has 0 spiro atoms. The van der Waals surface area contributed by atoms with Crippen LogP contribution in [-0.2, 0) is 0 Å². The average molecular weight is 260 g/mol. The van der Waals surface area contributed by atoms with Crippen molar-refractivity contribution in [3.05, 3.63) is 30.5 Å². The first kappa shape index (κ1) is 13.3. The Balaban J connectivity index is 1.88. The van der Waals surface area contributed by atoms with E-state index in [0.29, 0.717) is 23.2 Å². The van der Waals surface area contributed by atoms with Gasteiger partial charge < -0.3 is 26.1 Å². The first-order chi connectivity index (χ1) is 9.10. The number of nitrogens with two attached hydrogens (primary N) is 1. The van der Waals surface area contributed by atoms with Gasteiger partial charge in [-0.2, -0.15) is 0 Å². The molecule has 0 amide bonds. The Morgan fingerprint density at radius 2 is 2.26 bits per heavy atom. The molecule has 4 N–H and O–H groups in total. The number of hydrogen-bond donors (Lipinski definition) is 3. The number of ether oxygens (including phenoxy) is 1. The Labute approximate surface area is 113 Å².